The van der Waals surface area contributed by atoms with Crippen molar-refractivity contribution >= 4 is 27.3 Å². The predicted octanol–water partition coefficient (Wildman–Crippen LogP) is 2.84. The molecule has 1 atom stereocenters. The molecule has 6 nitrogen and oxygen atoms in total. The van der Waals surface area contributed by atoms with Crippen LogP contribution in [0.15, 0.2) is 18.2 Å². The number of carbonyl (C=O) groups excluding carboxylic acids is 1. The highest BCUT2D eigenvalue weighted by Gasteiger charge is 2.25. The van der Waals surface area contributed by atoms with E-state index in [0.717, 1.165) is 30.6 Å². The maximum absolute atomic E-state index is 12.3. The summed E-state index contributed by atoms with van der Waals surface area (Å²) >= 11 is 0. The SMILES string of the molecule is CCC(C)N(CC(=O)Nc1ccc(N(CC)CC)cc1C)S(C)(=O)=O. The number of hydrogen-bond acceptors (Lipinski definition) is 4. The summed E-state index contributed by atoms with van der Waals surface area (Å²) in [7, 11) is -3.43. The molecule has 1 N–H and O–H groups in total. The quantitative estimate of drug-likeness (QED) is 0.727. The molecule has 1 amide bonds. The summed E-state index contributed by atoms with van der Waals surface area (Å²) in [5.74, 6) is -0.329. The van der Waals surface area contributed by atoms with Crippen LogP contribution in [0.3, 0.4) is 0 Å². The smallest absolute Gasteiger partial charge is 0.239 e. The average molecular weight is 370 g/mol. The molecule has 0 saturated heterocycles. The Morgan fingerprint density at radius 3 is 2.24 bits per heavy atom. The van der Waals surface area contributed by atoms with Gasteiger partial charge in [0.2, 0.25) is 15.9 Å². The summed E-state index contributed by atoms with van der Waals surface area (Å²) in [6.45, 7) is 11.5. The molecular formula is C18H31N3O3S. The van der Waals surface area contributed by atoms with Crippen molar-refractivity contribution in [2.75, 3.05) is 36.1 Å². The van der Waals surface area contributed by atoms with Gasteiger partial charge in [0.1, 0.15) is 0 Å². The minimum absolute atomic E-state index is 0.176. The highest BCUT2D eigenvalue weighted by atomic mass is 32.2. The van der Waals surface area contributed by atoms with Gasteiger partial charge < -0.3 is 10.2 Å². The number of rotatable bonds is 9. The van der Waals surface area contributed by atoms with E-state index in [1.54, 1.807) is 6.92 Å². The Labute approximate surface area is 152 Å². The van der Waals surface area contributed by atoms with Crippen molar-refractivity contribution in [2.24, 2.45) is 0 Å². The van der Waals surface area contributed by atoms with Crippen LogP contribution in [-0.4, -0.2) is 50.6 Å². The van der Waals surface area contributed by atoms with Crippen LogP contribution in [0.2, 0.25) is 0 Å². The molecule has 142 valence electrons. The van der Waals surface area contributed by atoms with Crippen LogP contribution in [0.5, 0.6) is 0 Å². The number of benzene rings is 1. The molecule has 0 aromatic heterocycles. The van der Waals surface area contributed by atoms with Crippen molar-refractivity contribution in [1.29, 1.82) is 0 Å². The second-order valence-electron chi connectivity index (χ2n) is 6.29. The van der Waals surface area contributed by atoms with Gasteiger partial charge in [-0.15, -0.1) is 0 Å². The third kappa shape index (κ3) is 6.01. The van der Waals surface area contributed by atoms with Crippen molar-refractivity contribution < 1.29 is 13.2 Å². The third-order valence-corrected chi connectivity index (χ3v) is 5.76. The van der Waals surface area contributed by atoms with E-state index in [1.165, 1.54) is 4.31 Å². The van der Waals surface area contributed by atoms with E-state index < -0.39 is 10.0 Å². The fourth-order valence-electron chi connectivity index (χ4n) is 2.71. The molecule has 0 radical (unpaired) electrons. The van der Waals surface area contributed by atoms with Gasteiger partial charge in [0.15, 0.2) is 0 Å². The molecule has 0 aliphatic rings. The highest BCUT2D eigenvalue weighted by molar-refractivity contribution is 7.88. The molecule has 0 heterocycles. The van der Waals surface area contributed by atoms with Gasteiger partial charge in [-0.25, -0.2) is 8.42 Å². The summed E-state index contributed by atoms with van der Waals surface area (Å²) < 4.78 is 25.1. The predicted molar refractivity (Wildman–Crippen MR) is 105 cm³/mol. The third-order valence-electron chi connectivity index (χ3n) is 4.42. The lowest BCUT2D eigenvalue weighted by Gasteiger charge is -2.25. The number of sulfonamides is 1. The maximum Gasteiger partial charge on any atom is 0.239 e. The van der Waals surface area contributed by atoms with Crippen LogP contribution in [-0.2, 0) is 14.8 Å². The molecule has 0 spiro atoms. The number of carbonyl (C=O) groups is 1. The second-order valence-corrected chi connectivity index (χ2v) is 8.22. The van der Waals surface area contributed by atoms with E-state index in [0.29, 0.717) is 12.1 Å². The van der Waals surface area contributed by atoms with Crippen molar-refractivity contribution in [3.8, 4) is 0 Å². The summed E-state index contributed by atoms with van der Waals surface area (Å²) in [6.07, 6.45) is 1.79. The molecule has 0 aliphatic heterocycles. The average Bonchev–Trinajstić information content (AvgIpc) is 2.54. The first-order chi connectivity index (χ1) is 11.6. The Hall–Kier alpha value is -1.60. The molecule has 0 saturated carbocycles. The molecule has 7 heteroatoms. The van der Waals surface area contributed by atoms with Gasteiger partial charge in [0.25, 0.3) is 0 Å². The number of amides is 1. The largest absolute Gasteiger partial charge is 0.372 e. The van der Waals surface area contributed by atoms with Crippen molar-refractivity contribution in [3.05, 3.63) is 23.8 Å². The fraction of sp³-hybridized carbons (Fsp3) is 0.611. The van der Waals surface area contributed by atoms with Gasteiger partial charge in [-0.3, -0.25) is 4.79 Å². The molecular weight excluding hydrogens is 338 g/mol. The number of anilines is 2. The van der Waals surface area contributed by atoms with E-state index in [2.05, 4.69) is 24.1 Å². The van der Waals surface area contributed by atoms with E-state index >= 15 is 0 Å². The van der Waals surface area contributed by atoms with Crippen LogP contribution in [0.4, 0.5) is 11.4 Å². The van der Waals surface area contributed by atoms with Crippen molar-refractivity contribution in [2.45, 2.75) is 47.1 Å². The fourth-order valence-corrected chi connectivity index (χ4v) is 3.86. The number of aryl methyl sites for hydroxylation is 1. The van der Waals surface area contributed by atoms with Crippen LogP contribution in [0.25, 0.3) is 0 Å². The molecule has 0 fully saturated rings. The molecule has 0 aliphatic carbocycles. The van der Waals surface area contributed by atoms with Gasteiger partial charge in [-0.1, -0.05) is 6.92 Å². The molecule has 0 bridgehead atoms. The number of nitrogens with one attached hydrogen (secondary N) is 1. The Morgan fingerprint density at radius 2 is 1.80 bits per heavy atom. The topological polar surface area (TPSA) is 69.7 Å². The summed E-state index contributed by atoms with van der Waals surface area (Å²) in [4.78, 5) is 14.6. The lowest BCUT2D eigenvalue weighted by Crippen LogP contribution is -2.42. The monoisotopic (exact) mass is 369 g/mol. The Balaban J connectivity index is 2.89. The van der Waals surface area contributed by atoms with Crippen LogP contribution in [0, 0.1) is 6.92 Å². The number of nitrogens with zero attached hydrogens (tertiary/aromatic N) is 2. The number of hydrogen-bond donors (Lipinski definition) is 1. The second kappa shape index (κ2) is 9.20. The lowest BCUT2D eigenvalue weighted by atomic mass is 10.1. The zero-order chi connectivity index (χ0) is 19.2. The van der Waals surface area contributed by atoms with Crippen molar-refractivity contribution in [1.82, 2.24) is 4.31 Å². The van der Waals surface area contributed by atoms with Crippen LogP contribution in [0.1, 0.15) is 39.7 Å². The first kappa shape index (κ1) is 21.4. The maximum atomic E-state index is 12.3. The minimum atomic E-state index is -3.43. The van der Waals surface area contributed by atoms with Gasteiger partial charge in [0.05, 0.1) is 12.8 Å². The Morgan fingerprint density at radius 1 is 1.20 bits per heavy atom. The first-order valence-electron chi connectivity index (χ1n) is 8.76. The van der Waals surface area contributed by atoms with E-state index in [4.69, 9.17) is 0 Å². The molecule has 1 aromatic carbocycles. The van der Waals surface area contributed by atoms with Crippen LogP contribution >= 0.6 is 0 Å². The Bertz CT molecular complexity index is 685. The lowest BCUT2D eigenvalue weighted by molar-refractivity contribution is -0.116. The normalized spacial score (nSPS) is 12.9. The van der Waals surface area contributed by atoms with Gasteiger partial charge >= 0.3 is 0 Å². The van der Waals surface area contributed by atoms with Crippen LogP contribution < -0.4 is 10.2 Å². The van der Waals surface area contributed by atoms with Crippen molar-refractivity contribution in [3.63, 3.8) is 0 Å². The zero-order valence-electron chi connectivity index (χ0n) is 16.2. The minimum Gasteiger partial charge on any atom is -0.372 e. The molecule has 1 unspecified atom stereocenters. The zero-order valence-corrected chi connectivity index (χ0v) is 17.0. The summed E-state index contributed by atoms with van der Waals surface area (Å²) in [5.41, 5.74) is 2.77. The Kier molecular flexibility index (Phi) is 7.89. The molecule has 25 heavy (non-hydrogen) atoms. The van der Waals surface area contributed by atoms with Gasteiger partial charge in [0, 0.05) is 30.5 Å². The summed E-state index contributed by atoms with van der Waals surface area (Å²) in [5, 5.41) is 2.83. The summed E-state index contributed by atoms with van der Waals surface area (Å²) in [6, 6.07) is 5.66. The van der Waals surface area contributed by atoms with E-state index in [1.807, 2.05) is 32.0 Å². The van der Waals surface area contributed by atoms with Gasteiger partial charge in [-0.2, -0.15) is 4.31 Å². The highest BCUT2D eigenvalue weighted by Crippen LogP contribution is 2.23. The molecule has 1 rings (SSSR count). The van der Waals surface area contributed by atoms with Gasteiger partial charge in [-0.05, 0) is 57.9 Å². The van der Waals surface area contributed by atoms with E-state index in [-0.39, 0.29) is 18.5 Å². The first-order valence-corrected chi connectivity index (χ1v) is 10.6. The van der Waals surface area contributed by atoms with E-state index in [9.17, 15) is 13.2 Å². The standard InChI is InChI=1S/C18H31N3O3S/c1-7-15(5)21(25(6,23)24)13-18(22)19-17-11-10-16(12-14(17)4)20(8-2)9-3/h10-12,15H,7-9,13H2,1-6H3,(H,19,22). The molecule has 1 aromatic rings.